The molecule has 0 saturated heterocycles. The van der Waals surface area contributed by atoms with Crippen molar-refractivity contribution in [2.75, 3.05) is 0 Å². The maximum atomic E-state index is 8.85. The predicted octanol–water partition coefficient (Wildman–Crippen LogP) is 6.03. The summed E-state index contributed by atoms with van der Waals surface area (Å²) in [4.78, 5) is 0. The van der Waals surface area contributed by atoms with Crippen LogP contribution >= 0.6 is 0 Å². The topological polar surface area (TPSA) is 23.8 Å². The van der Waals surface area contributed by atoms with Crippen molar-refractivity contribution in [2.45, 2.75) is 57.8 Å². The minimum Gasteiger partial charge on any atom is -0.192 e. The molecule has 0 bridgehead atoms. The van der Waals surface area contributed by atoms with Crippen molar-refractivity contribution in [3.05, 3.63) is 70.8 Å². The summed E-state index contributed by atoms with van der Waals surface area (Å²) in [5.41, 5.74) is 4.98. The summed E-state index contributed by atoms with van der Waals surface area (Å²) in [6.45, 7) is 2.33. The van der Waals surface area contributed by atoms with Crippen LogP contribution in [-0.2, 0) is 12.8 Å². The predicted molar refractivity (Wildman–Crippen MR) is 100.0 cm³/mol. The normalized spacial score (nSPS) is 20.5. The van der Waals surface area contributed by atoms with Gasteiger partial charge in [0.2, 0.25) is 0 Å². The summed E-state index contributed by atoms with van der Waals surface area (Å²) in [7, 11) is 0. The zero-order valence-electron chi connectivity index (χ0n) is 14.7. The van der Waals surface area contributed by atoms with Crippen molar-refractivity contribution in [1.29, 1.82) is 5.26 Å². The van der Waals surface area contributed by atoms with Gasteiger partial charge in [0.25, 0.3) is 0 Å². The van der Waals surface area contributed by atoms with Crippen molar-refractivity contribution in [1.82, 2.24) is 0 Å². The zero-order valence-corrected chi connectivity index (χ0v) is 14.7. The van der Waals surface area contributed by atoms with E-state index in [0.717, 1.165) is 30.2 Å². The Kier molecular flexibility index (Phi) is 5.70. The van der Waals surface area contributed by atoms with Crippen LogP contribution in [-0.4, -0.2) is 0 Å². The quantitative estimate of drug-likeness (QED) is 0.660. The summed E-state index contributed by atoms with van der Waals surface area (Å²) < 4.78 is 0. The highest BCUT2D eigenvalue weighted by Crippen LogP contribution is 2.36. The van der Waals surface area contributed by atoms with E-state index in [1.807, 2.05) is 12.1 Å². The van der Waals surface area contributed by atoms with Crippen LogP contribution in [0.3, 0.4) is 0 Å². The molecule has 0 heterocycles. The molecule has 0 radical (unpaired) electrons. The average Bonchev–Trinajstić information content (AvgIpc) is 2.67. The Morgan fingerprint density at radius 2 is 1.38 bits per heavy atom. The summed E-state index contributed by atoms with van der Waals surface area (Å²) in [6, 6.07) is 19.4. The highest BCUT2D eigenvalue weighted by atomic mass is 14.3. The van der Waals surface area contributed by atoms with Gasteiger partial charge in [-0.3, -0.25) is 0 Å². The van der Waals surface area contributed by atoms with Crippen molar-refractivity contribution < 1.29 is 0 Å². The molecule has 1 aliphatic rings. The van der Waals surface area contributed by atoms with Gasteiger partial charge in [0.15, 0.2) is 0 Å². The number of nitrogens with zero attached hydrogens (tertiary/aromatic N) is 1. The zero-order chi connectivity index (χ0) is 16.8. The molecule has 1 nitrogen and oxygen atoms in total. The number of nitriles is 1. The third-order valence-corrected chi connectivity index (χ3v) is 5.66. The van der Waals surface area contributed by atoms with Crippen LogP contribution in [0.2, 0.25) is 0 Å². The second-order valence-electron chi connectivity index (χ2n) is 7.18. The number of aryl methyl sites for hydroxylation is 2. The first-order valence-electron chi connectivity index (χ1n) is 9.36. The lowest BCUT2D eigenvalue weighted by Gasteiger charge is -2.28. The maximum Gasteiger partial charge on any atom is 0.0991 e. The first-order chi connectivity index (χ1) is 11.8. The van der Waals surface area contributed by atoms with Crippen LogP contribution < -0.4 is 0 Å². The molecule has 1 saturated carbocycles. The van der Waals surface area contributed by atoms with Gasteiger partial charge in [0.1, 0.15) is 0 Å². The van der Waals surface area contributed by atoms with E-state index in [0.29, 0.717) is 0 Å². The molecule has 2 aromatic rings. The highest BCUT2D eigenvalue weighted by Gasteiger charge is 2.20. The summed E-state index contributed by atoms with van der Waals surface area (Å²) in [5.74, 6) is 1.74. The molecule has 0 unspecified atom stereocenters. The third-order valence-electron chi connectivity index (χ3n) is 5.66. The van der Waals surface area contributed by atoms with Crippen molar-refractivity contribution in [3.63, 3.8) is 0 Å². The lowest BCUT2D eigenvalue weighted by atomic mass is 9.78. The molecule has 0 aliphatic heterocycles. The van der Waals surface area contributed by atoms with Gasteiger partial charge in [-0.2, -0.15) is 5.26 Å². The number of rotatable bonds is 5. The minimum absolute atomic E-state index is 0.737. The Bertz CT molecular complexity index is 667. The van der Waals surface area contributed by atoms with Gasteiger partial charge in [-0.1, -0.05) is 49.7 Å². The van der Waals surface area contributed by atoms with Crippen molar-refractivity contribution >= 4 is 0 Å². The van der Waals surface area contributed by atoms with Crippen LogP contribution in [0.4, 0.5) is 0 Å². The van der Waals surface area contributed by atoms with Gasteiger partial charge < -0.3 is 0 Å². The van der Waals surface area contributed by atoms with E-state index in [1.165, 1.54) is 48.8 Å². The molecule has 1 fully saturated rings. The van der Waals surface area contributed by atoms with Gasteiger partial charge in [-0.15, -0.1) is 0 Å². The molecule has 0 N–H and O–H groups in total. The smallest absolute Gasteiger partial charge is 0.0991 e. The Morgan fingerprint density at radius 3 is 1.88 bits per heavy atom. The van der Waals surface area contributed by atoms with E-state index < -0.39 is 0 Å². The Morgan fingerprint density at radius 1 is 0.833 bits per heavy atom. The fourth-order valence-electron chi connectivity index (χ4n) is 3.90. The Labute approximate surface area is 146 Å². The number of benzene rings is 2. The molecule has 2 aromatic carbocycles. The summed E-state index contributed by atoms with van der Waals surface area (Å²) >= 11 is 0. The molecule has 0 spiro atoms. The molecule has 1 heteroatoms. The van der Waals surface area contributed by atoms with Crippen LogP contribution in [0.15, 0.2) is 48.5 Å². The van der Waals surface area contributed by atoms with E-state index in [1.54, 1.807) is 0 Å². The number of hydrogen-bond donors (Lipinski definition) is 0. The third kappa shape index (κ3) is 4.26. The average molecular weight is 317 g/mol. The lowest BCUT2D eigenvalue weighted by molar-refractivity contribution is 0.319. The summed E-state index contributed by atoms with van der Waals surface area (Å²) in [6.07, 6.45) is 8.98. The van der Waals surface area contributed by atoms with Gasteiger partial charge >= 0.3 is 0 Å². The first kappa shape index (κ1) is 16.8. The molecule has 3 rings (SSSR count). The van der Waals surface area contributed by atoms with Gasteiger partial charge in [0.05, 0.1) is 11.6 Å². The molecule has 0 aromatic heterocycles. The molecule has 0 amide bonds. The van der Waals surface area contributed by atoms with Gasteiger partial charge in [0, 0.05) is 0 Å². The Hall–Kier alpha value is -2.07. The van der Waals surface area contributed by atoms with Crippen molar-refractivity contribution in [2.24, 2.45) is 5.92 Å². The van der Waals surface area contributed by atoms with Crippen LogP contribution in [0.5, 0.6) is 0 Å². The second-order valence-corrected chi connectivity index (χ2v) is 7.18. The molecule has 0 atom stereocenters. The fraction of sp³-hybridized carbons (Fsp3) is 0.435. The van der Waals surface area contributed by atoms with E-state index in [9.17, 15) is 0 Å². The fourth-order valence-corrected chi connectivity index (χ4v) is 3.90. The molecule has 124 valence electrons. The minimum atomic E-state index is 0.737. The Balaban J connectivity index is 1.53. The molecule has 1 aliphatic carbocycles. The van der Waals surface area contributed by atoms with E-state index in [4.69, 9.17) is 5.26 Å². The second kappa shape index (κ2) is 8.15. The van der Waals surface area contributed by atoms with E-state index in [-0.39, 0.29) is 0 Å². The van der Waals surface area contributed by atoms with E-state index in [2.05, 4.69) is 49.4 Å². The SMILES string of the molecule is CC[C@H]1CC[C@H](c2ccc(CCc3ccc(C#N)cc3)cc2)CC1. The van der Waals surface area contributed by atoms with Gasteiger partial charge in [-0.25, -0.2) is 0 Å². The number of hydrogen-bond acceptors (Lipinski definition) is 1. The lowest BCUT2D eigenvalue weighted by Crippen LogP contribution is -2.12. The highest BCUT2D eigenvalue weighted by molar-refractivity contribution is 5.32. The monoisotopic (exact) mass is 317 g/mol. The van der Waals surface area contributed by atoms with E-state index >= 15 is 0 Å². The first-order valence-corrected chi connectivity index (χ1v) is 9.36. The van der Waals surface area contributed by atoms with Crippen molar-refractivity contribution in [3.8, 4) is 6.07 Å². The largest absolute Gasteiger partial charge is 0.192 e. The van der Waals surface area contributed by atoms with Crippen LogP contribution in [0, 0.1) is 17.2 Å². The van der Waals surface area contributed by atoms with Gasteiger partial charge in [-0.05, 0) is 79.2 Å². The molecular weight excluding hydrogens is 290 g/mol. The van der Waals surface area contributed by atoms with Crippen LogP contribution in [0.25, 0.3) is 0 Å². The molecular formula is C23H27N. The molecule has 24 heavy (non-hydrogen) atoms. The standard InChI is InChI=1S/C23H27N/c1-2-18-9-13-22(14-10-18)23-15-11-20(12-16-23)4-3-19-5-7-21(17-24)8-6-19/h5-8,11-12,15-16,18,22H,2-4,9-10,13-14H2,1H3/t18-,22-. The summed E-state index contributed by atoms with van der Waals surface area (Å²) in [5, 5.41) is 8.85. The van der Waals surface area contributed by atoms with Crippen LogP contribution in [0.1, 0.15) is 67.2 Å². The maximum absolute atomic E-state index is 8.85.